The average Bonchev–Trinajstić information content (AvgIpc) is 3.05. The first kappa shape index (κ1) is 20.2. The van der Waals surface area contributed by atoms with E-state index in [9.17, 15) is 17.9 Å². The van der Waals surface area contributed by atoms with Gasteiger partial charge in [-0.15, -0.1) is 0 Å². The van der Waals surface area contributed by atoms with E-state index in [0.717, 1.165) is 22.3 Å². The van der Waals surface area contributed by atoms with Gasteiger partial charge in [0.1, 0.15) is 11.6 Å². The maximum Gasteiger partial charge on any atom is 0.268 e. The first-order valence-corrected chi connectivity index (χ1v) is 11.0. The summed E-state index contributed by atoms with van der Waals surface area (Å²) in [5, 5.41) is 10.6. The van der Waals surface area contributed by atoms with Crippen molar-refractivity contribution in [3.05, 3.63) is 94.4 Å². The highest BCUT2D eigenvalue weighted by atomic mass is 32.2. The van der Waals surface area contributed by atoms with Crippen molar-refractivity contribution in [3.63, 3.8) is 0 Å². The average molecular weight is 424 g/mol. The van der Waals surface area contributed by atoms with Gasteiger partial charge in [0.25, 0.3) is 10.0 Å². The van der Waals surface area contributed by atoms with E-state index in [2.05, 4.69) is 0 Å². The Morgan fingerprint density at radius 3 is 2.20 bits per heavy atom. The number of halogens is 1. The molecule has 0 saturated heterocycles. The Bertz CT molecular complexity index is 1350. The van der Waals surface area contributed by atoms with Gasteiger partial charge in [0.15, 0.2) is 0 Å². The minimum atomic E-state index is -3.84. The molecule has 4 nitrogen and oxygen atoms in total. The summed E-state index contributed by atoms with van der Waals surface area (Å²) in [6.07, 6.45) is 1.98. The van der Waals surface area contributed by atoms with Crippen LogP contribution in [0.3, 0.4) is 0 Å². The van der Waals surface area contributed by atoms with Crippen molar-refractivity contribution < 1.29 is 17.9 Å². The van der Waals surface area contributed by atoms with Crippen LogP contribution in [0.1, 0.15) is 27.8 Å². The summed E-state index contributed by atoms with van der Waals surface area (Å²) in [6, 6.07) is 14.5. The van der Waals surface area contributed by atoms with Crippen LogP contribution in [0.5, 0.6) is 5.75 Å². The summed E-state index contributed by atoms with van der Waals surface area (Å²) < 4.78 is 41.8. The molecule has 4 rings (SSSR count). The number of aromatic nitrogens is 1. The zero-order valence-electron chi connectivity index (χ0n) is 17.0. The third kappa shape index (κ3) is 3.48. The van der Waals surface area contributed by atoms with Crippen LogP contribution < -0.4 is 0 Å². The molecule has 0 amide bonds. The number of phenols is 1. The van der Waals surface area contributed by atoms with Gasteiger partial charge < -0.3 is 5.11 Å². The first-order valence-electron chi connectivity index (χ1n) is 9.57. The zero-order chi connectivity index (χ0) is 21.6. The van der Waals surface area contributed by atoms with E-state index in [1.807, 2.05) is 32.9 Å². The number of aromatic hydroxyl groups is 1. The number of phenolic OH excluding ortho intramolecular Hbond substituents is 1. The van der Waals surface area contributed by atoms with Gasteiger partial charge in [0.2, 0.25) is 0 Å². The molecule has 0 saturated carbocycles. The predicted octanol–water partition coefficient (Wildman–Crippen LogP) is 5.24. The molecule has 3 aromatic carbocycles. The Hall–Kier alpha value is -3.12. The molecule has 0 aliphatic carbocycles. The van der Waals surface area contributed by atoms with Crippen molar-refractivity contribution in [3.8, 4) is 5.75 Å². The molecule has 0 atom stereocenters. The normalized spacial score (nSPS) is 11.9. The molecule has 1 aromatic heterocycles. The van der Waals surface area contributed by atoms with Gasteiger partial charge in [-0.25, -0.2) is 16.8 Å². The molecular formula is C24H22FNO3S. The Balaban J connectivity index is 1.88. The largest absolute Gasteiger partial charge is 0.507 e. The van der Waals surface area contributed by atoms with Crippen LogP contribution >= 0.6 is 0 Å². The number of benzene rings is 3. The molecular weight excluding hydrogens is 401 g/mol. The number of fused-ring (bicyclic) bond motifs is 1. The van der Waals surface area contributed by atoms with Crippen molar-refractivity contribution in [2.45, 2.75) is 32.1 Å². The fourth-order valence-corrected chi connectivity index (χ4v) is 5.16. The Labute approximate surface area is 175 Å². The summed E-state index contributed by atoms with van der Waals surface area (Å²) >= 11 is 0. The molecule has 0 aliphatic heterocycles. The van der Waals surface area contributed by atoms with Crippen molar-refractivity contribution in [1.82, 2.24) is 3.97 Å². The summed E-state index contributed by atoms with van der Waals surface area (Å²) in [7, 11) is -3.84. The molecule has 6 heteroatoms. The molecule has 1 heterocycles. The zero-order valence-corrected chi connectivity index (χ0v) is 17.8. The lowest BCUT2D eigenvalue weighted by molar-refractivity contribution is 0.466. The second-order valence-corrected chi connectivity index (χ2v) is 9.50. The number of rotatable bonds is 4. The number of nitrogens with zero attached hydrogens (tertiary/aromatic N) is 1. The molecule has 1 N–H and O–H groups in total. The number of hydrogen-bond donors (Lipinski definition) is 1. The van der Waals surface area contributed by atoms with E-state index in [1.165, 1.54) is 22.2 Å². The summed E-state index contributed by atoms with van der Waals surface area (Å²) in [5.74, 6) is -0.179. The van der Waals surface area contributed by atoms with E-state index in [1.54, 1.807) is 30.5 Å². The minimum absolute atomic E-state index is 0.178. The van der Waals surface area contributed by atoms with Crippen molar-refractivity contribution >= 4 is 20.9 Å². The Morgan fingerprint density at radius 2 is 1.57 bits per heavy atom. The monoisotopic (exact) mass is 423 g/mol. The lowest BCUT2D eigenvalue weighted by Gasteiger charge is -2.08. The third-order valence-electron chi connectivity index (χ3n) is 5.34. The van der Waals surface area contributed by atoms with E-state index < -0.39 is 15.8 Å². The topological polar surface area (TPSA) is 59.3 Å². The lowest BCUT2D eigenvalue weighted by atomic mass is 9.99. The van der Waals surface area contributed by atoms with Gasteiger partial charge in [-0.3, -0.25) is 0 Å². The first-order chi connectivity index (χ1) is 14.2. The predicted molar refractivity (Wildman–Crippen MR) is 116 cm³/mol. The number of hydrogen-bond acceptors (Lipinski definition) is 3. The van der Waals surface area contributed by atoms with Crippen LogP contribution in [0.15, 0.2) is 65.7 Å². The van der Waals surface area contributed by atoms with Gasteiger partial charge in [-0.2, -0.15) is 0 Å². The number of aryl methyl sites for hydroxylation is 3. The SMILES string of the molecule is Cc1ccc(S(=O)(=O)n2cc(Cc3cc(C)c(O)c(C)c3)c3cc(F)ccc32)cc1. The molecule has 0 unspecified atom stereocenters. The molecule has 30 heavy (non-hydrogen) atoms. The van der Waals surface area contributed by atoms with E-state index >= 15 is 0 Å². The van der Waals surface area contributed by atoms with Crippen molar-refractivity contribution in [1.29, 1.82) is 0 Å². The van der Waals surface area contributed by atoms with E-state index in [4.69, 9.17) is 0 Å². The molecule has 0 bridgehead atoms. The van der Waals surface area contributed by atoms with Gasteiger partial charge in [0.05, 0.1) is 10.4 Å². The molecule has 154 valence electrons. The van der Waals surface area contributed by atoms with Crippen LogP contribution in [0.4, 0.5) is 4.39 Å². The van der Waals surface area contributed by atoms with E-state index in [-0.39, 0.29) is 10.6 Å². The highest BCUT2D eigenvalue weighted by Gasteiger charge is 2.22. The van der Waals surface area contributed by atoms with Crippen LogP contribution in [0.25, 0.3) is 10.9 Å². The van der Waals surface area contributed by atoms with Gasteiger partial charge in [-0.05, 0) is 79.8 Å². The molecule has 0 fully saturated rings. The summed E-state index contributed by atoms with van der Waals surface area (Å²) in [4.78, 5) is 0.178. The van der Waals surface area contributed by atoms with E-state index in [0.29, 0.717) is 22.9 Å². The maximum atomic E-state index is 14.0. The Kier molecular flexibility index (Phi) is 4.90. The quantitative estimate of drug-likeness (QED) is 0.488. The minimum Gasteiger partial charge on any atom is -0.507 e. The Morgan fingerprint density at radius 1 is 0.933 bits per heavy atom. The van der Waals surface area contributed by atoms with Gasteiger partial charge in [-0.1, -0.05) is 29.8 Å². The smallest absolute Gasteiger partial charge is 0.268 e. The van der Waals surface area contributed by atoms with Crippen LogP contribution in [0, 0.1) is 26.6 Å². The lowest BCUT2D eigenvalue weighted by Crippen LogP contribution is -2.11. The second-order valence-electron chi connectivity index (χ2n) is 7.68. The molecule has 0 aliphatic rings. The maximum absolute atomic E-state index is 14.0. The van der Waals surface area contributed by atoms with Crippen LogP contribution in [-0.4, -0.2) is 17.5 Å². The van der Waals surface area contributed by atoms with Crippen LogP contribution in [-0.2, 0) is 16.4 Å². The molecule has 0 spiro atoms. The van der Waals surface area contributed by atoms with Crippen LogP contribution in [0.2, 0.25) is 0 Å². The molecule has 4 aromatic rings. The standard InChI is InChI=1S/C24H22FNO3S/c1-15-4-7-21(8-5-15)30(28,29)26-14-19(22-13-20(25)6-9-23(22)26)12-18-10-16(2)24(27)17(3)11-18/h4-11,13-14,27H,12H2,1-3H3. The fraction of sp³-hybridized carbons (Fsp3) is 0.167. The van der Waals surface area contributed by atoms with Gasteiger partial charge in [0, 0.05) is 11.6 Å². The summed E-state index contributed by atoms with van der Waals surface area (Å²) in [5.41, 5.74) is 4.49. The highest BCUT2D eigenvalue weighted by molar-refractivity contribution is 7.90. The van der Waals surface area contributed by atoms with Crippen molar-refractivity contribution in [2.24, 2.45) is 0 Å². The highest BCUT2D eigenvalue weighted by Crippen LogP contribution is 2.30. The third-order valence-corrected chi connectivity index (χ3v) is 7.03. The summed E-state index contributed by atoms with van der Waals surface area (Å²) in [6.45, 7) is 5.53. The second kappa shape index (κ2) is 7.29. The molecule has 0 radical (unpaired) electrons. The fourth-order valence-electron chi connectivity index (χ4n) is 3.77. The van der Waals surface area contributed by atoms with Crippen molar-refractivity contribution in [2.75, 3.05) is 0 Å². The van der Waals surface area contributed by atoms with Gasteiger partial charge >= 0.3 is 0 Å².